The maximum absolute atomic E-state index is 12.5. The van der Waals surface area contributed by atoms with E-state index in [1.165, 1.54) is 11.4 Å². The van der Waals surface area contributed by atoms with Crippen LogP contribution in [0.25, 0.3) is 0 Å². The lowest BCUT2D eigenvalue weighted by molar-refractivity contribution is -0.146. The molecule has 0 radical (unpaired) electrons. The predicted octanol–water partition coefficient (Wildman–Crippen LogP) is 2.28. The van der Waals surface area contributed by atoms with Crippen LogP contribution in [0.3, 0.4) is 0 Å². The summed E-state index contributed by atoms with van der Waals surface area (Å²) in [5.41, 5.74) is 0.764. The summed E-state index contributed by atoms with van der Waals surface area (Å²) in [7, 11) is -2.16. The van der Waals surface area contributed by atoms with Gasteiger partial charge in [0.25, 0.3) is 10.0 Å². The van der Waals surface area contributed by atoms with Crippen molar-refractivity contribution in [3.8, 4) is 0 Å². The molecular formula is C12H16ClNO4S2. The number of aryl methyl sites for hydroxylation is 1. The number of sulfonamides is 1. The molecule has 1 aromatic rings. The molecule has 0 aliphatic carbocycles. The van der Waals surface area contributed by atoms with Gasteiger partial charge in [0.05, 0.1) is 17.4 Å². The quantitative estimate of drug-likeness (QED) is 0.794. The second-order valence-corrected chi connectivity index (χ2v) is 8.54. The van der Waals surface area contributed by atoms with Crippen molar-refractivity contribution in [3.63, 3.8) is 0 Å². The molecule has 0 atom stereocenters. The van der Waals surface area contributed by atoms with Crippen molar-refractivity contribution in [3.05, 3.63) is 16.0 Å². The molecule has 2 heterocycles. The lowest BCUT2D eigenvalue weighted by Gasteiger charge is -2.29. The van der Waals surface area contributed by atoms with Gasteiger partial charge in [-0.1, -0.05) is 11.6 Å². The van der Waals surface area contributed by atoms with Crippen molar-refractivity contribution >= 4 is 38.9 Å². The van der Waals surface area contributed by atoms with Gasteiger partial charge < -0.3 is 4.74 Å². The van der Waals surface area contributed by atoms with Gasteiger partial charge in [0.2, 0.25) is 0 Å². The molecule has 0 saturated carbocycles. The molecule has 112 valence electrons. The third-order valence-electron chi connectivity index (χ3n) is 3.42. The molecule has 20 heavy (non-hydrogen) atoms. The molecule has 2 rings (SSSR count). The first kappa shape index (κ1) is 15.8. The molecule has 0 aromatic carbocycles. The standard InChI is InChI=1S/C12H16ClNO4S2/c1-8-7-10(19-11(8)13)20(16,17)14-5-3-9(4-6-14)12(15)18-2/h7,9H,3-6H2,1-2H3. The molecule has 0 unspecified atom stereocenters. The minimum absolute atomic E-state index is 0.208. The largest absolute Gasteiger partial charge is 0.469 e. The van der Waals surface area contributed by atoms with Crippen LogP contribution in [-0.4, -0.2) is 38.9 Å². The second-order valence-electron chi connectivity index (χ2n) is 4.72. The summed E-state index contributed by atoms with van der Waals surface area (Å²) in [4.78, 5) is 11.4. The smallest absolute Gasteiger partial charge is 0.308 e. The van der Waals surface area contributed by atoms with Gasteiger partial charge in [0, 0.05) is 13.1 Å². The van der Waals surface area contributed by atoms with Gasteiger partial charge in [-0.2, -0.15) is 4.31 Å². The van der Waals surface area contributed by atoms with Crippen molar-refractivity contribution < 1.29 is 17.9 Å². The van der Waals surface area contributed by atoms with Crippen LogP contribution in [-0.2, 0) is 19.6 Å². The minimum atomic E-state index is -3.50. The van der Waals surface area contributed by atoms with E-state index < -0.39 is 10.0 Å². The number of methoxy groups -OCH3 is 1. The van der Waals surface area contributed by atoms with E-state index in [4.69, 9.17) is 16.3 Å². The molecule has 1 aliphatic heterocycles. The number of piperidine rings is 1. The van der Waals surface area contributed by atoms with E-state index in [2.05, 4.69) is 0 Å². The highest BCUT2D eigenvalue weighted by atomic mass is 35.5. The topological polar surface area (TPSA) is 63.7 Å². The fourth-order valence-corrected chi connectivity index (χ4v) is 5.52. The second kappa shape index (κ2) is 6.01. The first-order chi connectivity index (χ1) is 9.36. The Bertz CT molecular complexity index is 583. The number of thiophene rings is 1. The van der Waals surface area contributed by atoms with E-state index in [9.17, 15) is 13.2 Å². The number of esters is 1. The minimum Gasteiger partial charge on any atom is -0.469 e. The summed E-state index contributed by atoms with van der Waals surface area (Å²) in [5.74, 6) is -0.475. The molecule has 0 N–H and O–H groups in total. The molecule has 0 amide bonds. The number of ether oxygens (including phenoxy) is 1. The van der Waals surface area contributed by atoms with Crippen molar-refractivity contribution in [2.75, 3.05) is 20.2 Å². The Hall–Kier alpha value is -0.630. The van der Waals surface area contributed by atoms with Gasteiger partial charge in [-0.3, -0.25) is 4.79 Å². The van der Waals surface area contributed by atoms with Crippen LogP contribution in [0.1, 0.15) is 18.4 Å². The van der Waals surface area contributed by atoms with Crippen LogP contribution in [0, 0.1) is 12.8 Å². The lowest BCUT2D eigenvalue weighted by atomic mass is 9.99. The van der Waals surface area contributed by atoms with Crippen LogP contribution in [0.2, 0.25) is 4.34 Å². The highest BCUT2D eigenvalue weighted by Gasteiger charge is 2.33. The number of hydrogen-bond acceptors (Lipinski definition) is 5. The van der Waals surface area contributed by atoms with E-state index >= 15 is 0 Å². The maximum Gasteiger partial charge on any atom is 0.308 e. The Morgan fingerprint density at radius 1 is 1.45 bits per heavy atom. The van der Waals surface area contributed by atoms with Crippen LogP contribution >= 0.6 is 22.9 Å². The highest BCUT2D eigenvalue weighted by Crippen LogP contribution is 2.33. The Labute approximate surface area is 127 Å². The van der Waals surface area contributed by atoms with Gasteiger partial charge in [-0.15, -0.1) is 11.3 Å². The molecule has 1 fully saturated rings. The molecule has 1 aliphatic rings. The average molecular weight is 338 g/mol. The summed E-state index contributed by atoms with van der Waals surface area (Å²) in [6.07, 6.45) is 0.980. The summed E-state index contributed by atoms with van der Waals surface area (Å²) >= 11 is 7.00. The lowest BCUT2D eigenvalue weighted by Crippen LogP contribution is -2.40. The van der Waals surface area contributed by atoms with E-state index in [-0.39, 0.29) is 16.1 Å². The number of hydrogen-bond donors (Lipinski definition) is 0. The van der Waals surface area contributed by atoms with Crippen LogP contribution in [0.5, 0.6) is 0 Å². The van der Waals surface area contributed by atoms with Crippen LogP contribution < -0.4 is 0 Å². The zero-order valence-corrected chi connectivity index (χ0v) is 13.6. The molecule has 0 spiro atoms. The zero-order valence-electron chi connectivity index (χ0n) is 11.3. The number of rotatable bonds is 3. The molecule has 1 aromatic heterocycles. The zero-order chi connectivity index (χ0) is 14.9. The van der Waals surface area contributed by atoms with E-state index in [1.807, 2.05) is 0 Å². The monoisotopic (exact) mass is 337 g/mol. The van der Waals surface area contributed by atoms with Crippen LogP contribution in [0.4, 0.5) is 0 Å². The first-order valence-corrected chi connectivity index (χ1v) is 8.83. The third kappa shape index (κ3) is 3.00. The molecule has 5 nitrogen and oxygen atoms in total. The molecule has 1 saturated heterocycles. The fourth-order valence-electron chi connectivity index (χ4n) is 2.18. The van der Waals surface area contributed by atoms with E-state index in [0.29, 0.717) is 30.3 Å². The van der Waals surface area contributed by atoms with Gasteiger partial charge in [0.1, 0.15) is 4.21 Å². The van der Waals surface area contributed by atoms with E-state index in [0.717, 1.165) is 16.9 Å². The number of nitrogens with zero attached hydrogens (tertiary/aromatic N) is 1. The number of halogens is 1. The summed E-state index contributed by atoms with van der Waals surface area (Å²) in [6, 6.07) is 1.59. The van der Waals surface area contributed by atoms with Crippen molar-refractivity contribution in [1.29, 1.82) is 0 Å². The van der Waals surface area contributed by atoms with Crippen molar-refractivity contribution in [1.82, 2.24) is 4.31 Å². The van der Waals surface area contributed by atoms with Crippen LogP contribution in [0.15, 0.2) is 10.3 Å². The summed E-state index contributed by atoms with van der Waals surface area (Å²) in [5, 5.41) is 0. The number of carbonyl (C=O) groups is 1. The van der Waals surface area contributed by atoms with E-state index in [1.54, 1.807) is 13.0 Å². The van der Waals surface area contributed by atoms with Gasteiger partial charge in [-0.25, -0.2) is 8.42 Å². The average Bonchev–Trinajstić information content (AvgIpc) is 2.78. The normalized spacial score (nSPS) is 18.1. The van der Waals surface area contributed by atoms with Gasteiger partial charge in [-0.05, 0) is 31.4 Å². The molecule has 8 heteroatoms. The predicted molar refractivity (Wildman–Crippen MR) is 77.6 cm³/mol. The van der Waals surface area contributed by atoms with Crippen molar-refractivity contribution in [2.24, 2.45) is 5.92 Å². The number of carbonyl (C=O) groups excluding carboxylic acids is 1. The summed E-state index contributed by atoms with van der Waals surface area (Å²) in [6.45, 7) is 2.44. The Morgan fingerprint density at radius 2 is 2.05 bits per heavy atom. The van der Waals surface area contributed by atoms with Crippen molar-refractivity contribution in [2.45, 2.75) is 24.0 Å². The van der Waals surface area contributed by atoms with Gasteiger partial charge in [0.15, 0.2) is 0 Å². The third-order valence-corrected chi connectivity index (χ3v) is 7.32. The SMILES string of the molecule is COC(=O)C1CCN(S(=O)(=O)c2cc(C)c(Cl)s2)CC1. The highest BCUT2D eigenvalue weighted by molar-refractivity contribution is 7.91. The van der Waals surface area contributed by atoms with Gasteiger partial charge >= 0.3 is 5.97 Å². The maximum atomic E-state index is 12.5. The first-order valence-electron chi connectivity index (χ1n) is 6.20. The Kier molecular flexibility index (Phi) is 4.73. The fraction of sp³-hybridized carbons (Fsp3) is 0.583. The Balaban J connectivity index is 2.11. The Morgan fingerprint density at radius 3 is 2.50 bits per heavy atom. The molecular weight excluding hydrogens is 322 g/mol. The molecule has 0 bridgehead atoms. The summed E-state index contributed by atoms with van der Waals surface area (Å²) < 4.78 is 31.8.